The average Bonchev–Trinajstić information content (AvgIpc) is 2.93. The van der Waals surface area contributed by atoms with E-state index in [4.69, 9.17) is 4.74 Å². The SMILES string of the molecule is CCN1CCCN(Cc2ccccc2OCC(O)CN2CCSCC2)CC1. The summed E-state index contributed by atoms with van der Waals surface area (Å²) < 4.78 is 6.04. The molecule has 1 atom stereocenters. The van der Waals surface area contributed by atoms with Crippen LogP contribution >= 0.6 is 11.8 Å². The second kappa shape index (κ2) is 11.3. The molecule has 2 fully saturated rings. The predicted octanol–water partition coefficient (Wildman–Crippen LogP) is 2.00. The van der Waals surface area contributed by atoms with Crippen molar-refractivity contribution in [2.24, 2.45) is 0 Å². The molecule has 0 saturated carbocycles. The molecular formula is C21H35N3O2S. The highest BCUT2D eigenvalue weighted by Gasteiger charge is 2.17. The van der Waals surface area contributed by atoms with Gasteiger partial charge in [-0.25, -0.2) is 0 Å². The van der Waals surface area contributed by atoms with E-state index < -0.39 is 6.10 Å². The quantitative estimate of drug-likeness (QED) is 0.728. The lowest BCUT2D eigenvalue weighted by atomic mass is 10.2. The summed E-state index contributed by atoms with van der Waals surface area (Å²) in [5.41, 5.74) is 1.23. The lowest BCUT2D eigenvalue weighted by Gasteiger charge is -2.28. The van der Waals surface area contributed by atoms with Gasteiger partial charge in [0.25, 0.3) is 0 Å². The zero-order chi connectivity index (χ0) is 18.9. The van der Waals surface area contributed by atoms with Gasteiger partial charge in [-0.15, -0.1) is 0 Å². The Morgan fingerprint density at radius 2 is 1.74 bits per heavy atom. The van der Waals surface area contributed by atoms with Crippen molar-refractivity contribution in [2.45, 2.75) is 26.0 Å². The Kier molecular flexibility index (Phi) is 8.74. The summed E-state index contributed by atoms with van der Waals surface area (Å²) in [4.78, 5) is 7.39. The van der Waals surface area contributed by atoms with Crippen LogP contribution < -0.4 is 4.74 Å². The molecule has 5 nitrogen and oxygen atoms in total. The van der Waals surface area contributed by atoms with Gasteiger partial charge in [0.15, 0.2) is 0 Å². The number of hydrogen-bond donors (Lipinski definition) is 1. The third-order valence-electron chi connectivity index (χ3n) is 5.50. The maximum atomic E-state index is 10.4. The minimum Gasteiger partial charge on any atom is -0.491 e. The van der Waals surface area contributed by atoms with Crippen LogP contribution in [0.15, 0.2) is 24.3 Å². The molecule has 3 rings (SSSR count). The Morgan fingerprint density at radius 3 is 2.56 bits per heavy atom. The molecule has 0 amide bonds. The van der Waals surface area contributed by atoms with Gasteiger partial charge in [0.2, 0.25) is 0 Å². The topological polar surface area (TPSA) is 39.2 Å². The van der Waals surface area contributed by atoms with E-state index >= 15 is 0 Å². The fourth-order valence-corrected chi connectivity index (χ4v) is 4.81. The Morgan fingerprint density at radius 1 is 1.00 bits per heavy atom. The third-order valence-corrected chi connectivity index (χ3v) is 6.44. The standard InChI is InChI=1S/C21H35N3O2S/c1-2-22-8-5-9-23(11-10-22)16-19-6-3-4-7-21(19)26-18-20(25)17-24-12-14-27-15-13-24/h3-4,6-7,20,25H,2,5,8-18H2,1H3. The molecular weight excluding hydrogens is 358 g/mol. The van der Waals surface area contributed by atoms with Crippen LogP contribution in [-0.2, 0) is 6.54 Å². The number of ether oxygens (including phenoxy) is 1. The molecule has 0 bridgehead atoms. The maximum absolute atomic E-state index is 10.4. The Hall–Kier alpha value is -0.790. The molecule has 6 heteroatoms. The highest BCUT2D eigenvalue weighted by molar-refractivity contribution is 7.99. The van der Waals surface area contributed by atoms with Crippen molar-refractivity contribution in [3.63, 3.8) is 0 Å². The monoisotopic (exact) mass is 393 g/mol. The van der Waals surface area contributed by atoms with Crippen LogP contribution in [0.5, 0.6) is 5.75 Å². The van der Waals surface area contributed by atoms with Crippen molar-refractivity contribution < 1.29 is 9.84 Å². The van der Waals surface area contributed by atoms with Crippen LogP contribution in [0, 0.1) is 0 Å². The van der Waals surface area contributed by atoms with E-state index in [-0.39, 0.29) is 0 Å². The smallest absolute Gasteiger partial charge is 0.123 e. The zero-order valence-corrected chi connectivity index (χ0v) is 17.5. The van der Waals surface area contributed by atoms with E-state index in [1.54, 1.807) is 0 Å². The first-order chi connectivity index (χ1) is 13.2. The summed E-state index contributed by atoms with van der Waals surface area (Å²) in [5, 5.41) is 10.4. The number of aliphatic hydroxyl groups is 1. The van der Waals surface area contributed by atoms with Crippen molar-refractivity contribution in [1.82, 2.24) is 14.7 Å². The van der Waals surface area contributed by atoms with E-state index in [9.17, 15) is 5.11 Å². The number of aliphatic hydroxyl groups excluding tert-OH is 1. The normalized spacial score (nSPS) is 21.7. The van der Waals surface area contributed by atoms with Gasteiger partial charge in [0.1, 0.15) is 18.5 Å². The van der Waals surface area contributed by atoms with Gasteiger partial charge in [-0.05, 0) is 32.1 Å². The first-order valence-electron chi connectivity index (χ1n) is 10.4. The molecule has 0 radical (unpaired) electrons. The molecule has 0 spiro atoms. The number of nitrogens with zero attached hydrogens (tertiary/aromatic N) is 3. The third kappa shape index (κ3) is 6.95. The lowest BCUT2D eigenvalue weighted by Crippen LogP contribution is -2.40. The summed E-state index contributed by atoms with van der Waals surface area (Å²) >= 11 is 2.00. The molecule has 152 valence electrons. The number of rotatable bonds is 8. The van der Waals surface area contributed by atoms with Gasteiger partial charge >= 0.3 is 0 Å². The molecule has 2 aliphatic rings. The van der Waals surface area contributed by atoms with Crippen molar-refractivity contribution >= 4 is 11.8 Å². The fourth-order valence-electron chi connectivity index (χ4n) is 3.84. The van der Waals surface area contributed by atoms with E-state index in [0.717, 1.165) is 51.6 Å². The number of hydrogen-bond acceptors (Lipinski definition) is 6. The summed E-state index contributed by atoms with van der Waals surface area (Å²) in [6.07, 6.45) is 0.793. The minimum atomic E-state index is -0.433. The average molecular weight is 394 g/mol. The molecule has 27 heavy (non-hydrogen) atoms. The molecule has 2 aliphatic heterocycles. The van der Waals surface area contributed by atoms with Crippen LogP contribution in [0.4, 0.5) is 0 Å². The van der Waals surface area contributed by atoms with E-state index in [2.05, 4.69) is 33.8 Å². The van der Waals surface area contributed by atoms with Gasteiger partial charge in [-0.1, -0.05) is 25.1 Å². The van der Waals surface area contributed by atoms with E-state index in [1.165, 1.54) is 30.0 Å². The molecule has 1 unspecified atom stereocenters. The number of thioether (sulfide) groups is 1. The molecule has 1 aromatic rings. The van der Waals surface area contributed by atoms with Crippen molar-refractivity contribution in [2.75, 3.05) is 70.5 Å². The van der Waals surface area contributed by atoms with Crippen molar-refractivity contribution in [1.29, 1.82) is 0 Å². The van der Waals surface area contributed by atoms with Crippen LogP contribution in [0.2, 0.25) is 0 Å². The van der Waals surface area contributed by atoms with E-state index in [1.807, 2.05) is 23.9 Å². The van der Waals surface area contributed by atoms with E-state index in [0.29, 0.717) is 13.2 Å². The maximum Gasteiger partial charge on any atom is 0.123 e. The minimum absolute atomic E-state index is 0.365. The molecule has 0 aromatic heterocycles. The Bertz CT molecular complexity index is 554. The number of β-amino-alcohol motifs (C(OH)–C–C–N with tert-alkyl or cyclic N) is 1. The van der Waals surface area contributed by atoms with Crippen LogP contribution in [0.25, 0.3) is 0 Å². The summed E-state index contributed by atoms with van der Waals surface area (Å²) in [7, 11) is 0. The zero-order valence-electron chi connectivity index (χ0n) is 16.7. The van der Waals surface area contributed by atoms with Gasteiger partial charge in [0, 0.05) is 56.3 Å². The summed E-state index contributed by atoms with van der Waals surface area (Å²) in [6.45, 7) is 12.1. The lowest BCUT2D eigenvalue weighted by molar-refractivity contribution is 0.0708. The molecule has 1 N–H and O–H groups in total. The Balaban J connectivity index is 1.49. The second-order valence-electron chi connectivity index (χ2n) is 7.55. The fraction of sp³-hybridized carbons (Fsp3) is 0.714. The molecule has 1 aromatic carbocycles. The molecule has 2 saturated heterocycles. The van der Waals surface area contributed by atoms with Crippen LogP contribution in [-0.4, -0.2) is 96.4 Å². The number of para-hydroxylation sites is 1. The number of likely N-dealkylation sites (N-methyl/N-ethyl adjacent to an activating group) is 1. The van der Waals surface area contributed by atoms with Gasteiger partial charge < -0.3 is 14.7 Å². The van der Waals surface area contributed by atoms with Crippen LogP contribution in [0.1, 0.15) is 18.9 Å². The summed E-state index contributed by atoms with van der Waals surface area (Å²) in [6, 6.07) is 8.30. The predicted molar refractivity (Wildman–Crippen MR) is 114 cm³/mol. The van der Waals surface area contributed by atoms with Gasteiger partial charge in [-0.3, -0.25) is 9.80 Å². The van der Waals surface area contributed by atoms with Gasteiger partial charge in [-0.2, -0.15) is 11.8 Å². The first kappa shape index (κ1) is 20.9. The molecule has 0 aliphatic carbocycles. The Labute approximate surface area is 168 Å². The second-order valence-corrected chi connectivity index (χ2v) is 8.77. The van der Waals surface area contributed by atoms with Gasteiger partial charge in [0.05, 0.1) is 0 Å². The largest absolute Gasteiger partial charge is 0.491 e. The molecule has 2 heterocycles. The van der Waals surface area contributed by atoms with Crippen LogP contribution in [0.3, 0.4) is 0 Å². The summed E-state index contributed by atoms with van der Waals surface area (Å²) in [5.74, 6) is 3.26. The van der Waals surface area contributed by atoms with Crippen molar-refractivity contribution in [3.8, 4) is 5.75 Å². The highest BCUT2D eigenvalue weighted by Crippen LogP contribution is 2.21. The number of benzene rings is 1. The first-order valence-corrected chi connectivity index (χ1v) is 11.5. The highest BCUT2D eigenvalue weighted by atomic mass is 32.2. The van der Waals surface area contributed by atoms with Crippen molar-refractivity contribution in [3.05, 3.63) is 29.8 Å².